The number of carbonyl (C=O) groups is 1. The Hall–Kier alpha value is -3.26. The molecule has 5 rings (SSSR count). The molecule has 1 fully saturated rings. The van der Waals surface area contributed by atoms with Crippen LogP contribution in [0.25, 0.3) is 5.78 Å². The Morgan fingerprint density at radius 2 is 1.95 bits per heavy atom. The van der Waals surface area contributed by atoms with E-state index in [2.05, 4.69) is 40.2 Å². The van der Waals surface area contributed by atoms with Gasteiger partial charge in [0.2, 0.25) is 0 Å². The number of aliphatic hydroxyl groups is 1. The predicted octanol–water partition coefficient (Wildman–Crippen LogP) is 5.36. The highest BCUT2D eigenvalue weighted by Gasteiger charge is 2.48. The van der Waals surface area contributed by atoms with Crippen LogP contribution in [0, 0.1) is 19.8 Å². The van der Waals surface area contributed by atoms with Crippen molar-refractivity contribution in [3.05, 3.63) is 69.5 Å². The molecule has 208 valence electrons. The average molecular weight is 533 g/mol. The van der Waals surface area contributed by atoms with E-state index < -0.39 is 11.6 Å². The molecule has 1 atom stereocenters. The third-order valence-corrected chi connectivity index (χ3v) is 8.40. The van der Waals surface area contributed by atoms with Crippen LogP contribution < -0.4 is 0 Å². The van der Waals surface area contributed by atoms with Gasteiger partial charge in [0.1, 0.15) is 11.4 Å². The molecular weight excluding hydrogens is 492 g/mol. The lowest BCUT2D eigenvalue weighted by Gasteiger charge is -2.42. The molecule has 0 amide bonds. The number of cyclic esters (lactones) is 1. The van der Waals surface area contributed by atoms with Gasteiger partial charge in [0.25, 0.3) is 5.78 Å². The highest BCUT2D eigenvalue weighted by Crippen LogP contribution is 2.45. The molecule has 39 heavy (non-hydrogen) atoms. The van der Waals surface area contributed by atoms with Crippen molar-refractivity contribution in [2.24, 2.45) is 5.92 Å². The second kappa shape index (κ2) is 11.5. The maximum Gasteiger partial charge on any atom is 0.338 e. The molecule has 1 saturated carbocycles. The third kappa shape index (κ3) is 5.71. The van der Waals surface area contributed by atoms with Crippen molar-refractivity contribution in [3.63, 3.8) is 0 Å². The Labute approximate surface area is 230 Å². The van der Waals surface area contributed by atoms with Crippen LogP contribution in [0.15, 0.2) is 35.6 Å². The molecule has 2 aromatic heterocycles. The molecule has 1 aliphatic heterocycles. The first-order chi connectivity index (χ1) is 18.8. The van der Waals surface area contributed by atoms with E-state index in [1.807, 2.05) is 19.9 Å². The number of rotatable bonds is 10. The molecule has 2 aliphatic rings. The van der Waals surface area contributed by atoms with Gasteiger partial charge in [-0.2, -0.15) is 4.98 Å². The fourth-order valence-electron chi connectivity index (χ4n) is 6.44. The minimum atomic E-state index is -0.745. The second-order valence-corrected chi connectivity index (χ2v) is 11.2. The van der Waals surface area contributed by atoms with Crippen molar-refractivity contribution < 1.29 is 19.4 Å². The summed E-state index contributed by atoms with van der Waals surface area (Å²) in [6.45, 7) is 6.78. The van der Waals surface area contributed by atoms with E-state index in [4.69, 9.17) is 9.47 Å². The zero-order chi connectivity index (χ0) is 27.6. The Morgan fingerprint density at radius 1 is 1.15 bits per heavy atom. The number of fused-ring (bicyclic) bond motifs is 1. The van der Waals surface area contributed by atoms with Crippen LogP contribution in [0.3, 0.4) is 0 Å². The van der Waals surface area contributed by atoms with Gasteiger partial charge in [-0.3, -0.25) is 0 Å². The molecule has 3 aromatic rings. The summed E-state index contributed by atoms with van der Waals surface area (Å²) in [7, 11) is 1.74. The van der Waals surface area contributed by atoms with Crippen LogP contribution in [0.1, 0.15) is 79.4 Å². The number of ether oxygens (including phenoxy) is 2. The quantitative estimate of drug-likeness (QED) is 0.277. The van der Waals surface area contributed by atoms with Crippen molar-refractivity contribution in [1.29, 1.82) is 0 Å². The van der Waals surface area contributed by atoms with Gasteiger partial charge in [-0.1, -0.05) is 38.0 Å². The Bertz CT molecular complexity index is 1390. The number of hydrogen-bond donors (Lipinski definition) is 1. The lowest BCUT2D eigenvalue weighted by Crippen LogP contribution is -2.47. The topological polar surface area (TPSA) is 98.8 Å². The SMILES string of the molecule is CCc1cc(CC2(C3CCCC3)CC(O)=C(Cc3nc4nc(C)cc(C)n4n3)C(=O)O2)ccc1CCCOC. The zero-order valence-electron chi connectivity index (χ0n) is 23.6. The van der Waals surface area contributed by atoms with Crippen molar-refractivity contribution in [3.8, 4) is 0 Å². The number of hydrogen-bond acceptors (Lipinski definition) is 7. The Kier molecular flexibility index (Phi) is 8.03. The first kappa shape index (κ1) is 27.3. The van der Waals surface area contributed by atoms with E-state index in [1.165, 1.54) is 11.1 Å². The van der Waals surface area contributed by atoms with Gasteiger partial charge in [0.15, 0.2) is 5.82 Å². The van der Waals surface area contributed by atoms with Crippen LogP contribution >= 0.6 is 0 Å². The van der Waals surface area contributed by atoms with Crippen LogP contribution in [0.4, 0.5) is 0 Å². The summed E-state index contributed by atoms with van der Waals surface area (Å²) < 4.78 is 13.3. The Morgan fingerprint density at radius 3 is 2.67 bits per heavy atom. The van der Waals surface area contributed by atoms with Gasteiger partial charge in [-0.25, -0.2) is 14.3 Å². The number of benzene rings is 1. The maximum atomic E-state index is 13.5. The molecule has 8 heteroatoms. The molecule has 3 heterocycles. The second-order valence-electron chi connectivity index (χ2n) is 11.2. The summed E-state index contributed by atoms with van der Waals surface area (Å²) in [5, 5.41) is 15.8. The molecule has 1 aliphatic carbocycles. The van der Waals surface area contributed by atoms with E-state index in [0.29, 0.717) is 24.4 Å². The molecule has 0 radical (unpaired) electrons. The summed E-state index contributed by atoms with van der Waals surface area (Å²) >= 11 is 0. The van der Waals surface area contributed by atoms with Crippen molar-refractivity contribution >= 4 is 11.7 Å². The lowest BCUT2D eigenvalue weighted by atomic mass is 9.75. The predicted molar refractivity (Wildman–Crippen MR) is 149 cm³/mol. The van der Waals surface area contributed by atoms with E-state index in [9.17, 15) is 9.90 Å². The minimum Gasteiger partial charge on any atom is -0.512 e. The molecule has 1 unspecified atom stereocenters. The molecular formula is C31H40N4O4. The normalized spacial score (nSPS) is 20.3. The average Bonchev–Trinajstić information content (AvgIpc) is 3.58. The van der Waals surface area contributed by atoms with Crippen LogP contribution in [-0.2, 0) is 40.0 Å². The smallest absolute Gasteiger partial charge is 0.338 e. The first-order valence-electron chi connectivity index (χ1n) is 14.3. The van der Waals surface area contributed by atoms with Gasteiger partial charge >= 0.3 is 5.97 Å². The highest BCUT2D eigenvalue weighted by molar-refractivity contribution is 5.90. The fraction of sp³-hybridized carbons (Fsp3) is 0.548. The van der Waals surface area contributed by atoms with Crippen LogP contribution in [0.2, 0.25) is 0 Å². The van der Waals surface area contributed by atoms with Gasteiger partial charge in [-0.05, 0) is 74.6 Å². The summed E-state index contributed by atoms with van der Waals surface area (Å²) in [6, 6.07) is 8.58. The lowest BCUT2D eigenvalue weighted by molar-refractivity contribution is -0.166. The van der Waals surface area contributed by atoms with E-state index in [0.717, 1.165) is 68.5 Å². The fourth-order valence-corrected chi connectivity index (χ4v) is 6.44. The van der Waals surface area contributed by atoms with Gasteiger partial charge in [0, 0.05) is 44.4 Å². The molecule has 1 aromatic carbocycles. The zero-order valence-corrected chi connectivity index (χ0v) is 23.6. The number of nitrogens with zero attached hydrogens (tertiary/aromatic N) is 4. The largest absolute Gasteiger partial charge is 0.512 e. The molecule has 0 saturated heterocycles. The standard InChI is InChI=1S/C31H40N4O4/c1-5-23-16-22(12-13-24(23)9-8-14-38-4)18-31(25-10-6-7-11-25)19-27(36)26(29(37)39-31)17-28-33-30-32-20(2)15-21(3)35(30)34-28/h12-13,15-16,25,36H,5-11,14,17-19H2,1-4H3. The summed E-state index contributed by atoms with van der Waals surface area (Å²) in [5.41, 5.74) is 5.09. The van der Waals surface area contributed by atoms with Gasteiger partial charge in [-0.15, -0.1) is 5.10 Å². The molecule has 0 bridgehead atoms. The van der Waals surface area contributed by atoms with Crippen molar-refractivity contribution in [2.45, 2.75) is 90.6 Å². The number of esters is 1. The number of aliphatic hydroxyl groups excluding tert-OH is 1. The number of aromatic nitrogens is 4. The number of aryl methyl sites for hydroxylation is 4. The third-order valence-electron chi connectivity index (χ3n) is 8.40. The van der Waals surface area contributed by atoms with Crippen LogP contribution in [-0.4, -0.2) is 50.0 Å². The van der Waals surface area contributed by atoms with Crippen molar-refractivity contribution in [2.75, 3.05) is 13.7 Å². The van der Waals surface area contributed by atoms with Gasteiger partial charge in [0.05, 0.1) is 5.57 Å². The molecule has 1 N–H and O–H groups in total. The monoisotopic (exact) mass is 532 g/mol. The minimum absolute atomic E-state index is 0.102. The maximum absolute atomic E-state index is 13.5. The van der Waals surface area contributed by atoms with E-state index in [-0.39, 0.29) is 23.7 Å². The van der Waals surface area contributed by atoms with E-state index in [1.54, 1.807) is 11.6 Å². The first-order valence-corrected chi connectivity index (χ1v) is 14.3. The Balaban J connectivity index is 1.42. The highest BCUT2D eigenvalue weighted by atomic mass is 16.6. The summed E-state index contributed by atoms with van der Waals surface area (Å²) in [5.74, 6) is 0.797. The van der Waals surface area contributed by atoms with Crippen molar-refractivity contribution in [1.82, 2.24) is 19.6 Å². The van der Waals surface area contributed by atoms with Crippen LogP contribution in [0.5, 0.6) is 0 Å². The van der Waals surface area contributed by atoms with E-state index >= 15 is 0 Å². The summed E-state index contributed by atoms with van der Waals surface area (Å²) in [6.07, 6.45) is 8.20. The van der Waals surface area contributed by atoms with Gasteiger partial charge < -0.3 is 14.6 Å². The molecule has 0 spiro atoms. The summed E-state index contributed by atoms with van der Waals surface area (Å²) in [4.78, 5) is 22.5. The molecule has 8 nitrogen and oxygen atoms in total. The number of methoxy groups -OCH3 is 1. The number of carbonyl (C=O) groups excluding carboxylic acids is 1.